The van der Waals surface area contributed by atoms with E-state index in [1.165, 1.54) is 6.42 Å². The SMILES string of the molecule is C=Cc1ccc(C(=O)N(Cc2ccc(C(=O)Nc3ccc(OC)nc3)cc2)C2CCN(CCC(C)C)CC2)cc1. The van der Waals surface area contributed by atoms with E-state index in [0.717, 1.165) is 43.6 Å². The molecule has 0 aliphatic carbocycles. The van der Waals surface area contributed by atoms with Crippen molar-refractivity contribution in [1.29, 1.82) is 0 Å². The highest BCUT2D eigenvalue weighted by atomic mass is 16.5. The van der Waals surface area contributed by atoms with E-state index in [1.807, 2.05) is 41.3 Å². The van der Waals surface area contributed by atoms with Gasteiger partial charge in [-0.2, -0.15) is 0 Å². The lowest BCUT2D eigenvalue weighted by Gasteiger charge is -2.39. The number of hydrogen-bond donors (Lipinski definition) is 1. The van der Waals surface area contributed by atoms with Crippen LogP contribution in [-0.2, 0) is 6.54 Å². The van der Waals surface area contributed by atoms with Crippen LogP contribution in [0.3, 0.4) is 0 Å². The number of hydrogen-bond acceptors (Lipinski definition) is 5. The van der Waals surface area contributed by atoms with Crippen LogP contribution < -0.4 is 10.1 Å². The van der Waals surface area contributed by atoms with Crippen LogP contribution >= 0.6 is 0 Å². The third-order valence-corrected chi connectivity index (χ3v) is 7.45. The van der Waals surface area contributed by atoms with E-state index in [4.69, 9.17) is 4.74 Å². The minimum absolute atomic E-state index is 0.0325. The van der Waals surface area contributed by atoms with Crippen LogP contribution in [0.2, 0.25) is 0 Å². The smallest absolute Gasteiger partial charge is 0.255 e. The Morgan fingerprint density at radius 2 is 1.73 bits per heavy atom. The Bertz CT molecular complexity index is 1260. The summed E-state index contributed by atoms with van der Waals surface area (Å²) in [5.41, 5.74) is 3.78. The number of likely N-dealkylation sites (tertiary alicyclic amines) is 1. The Balaban J connectivity index is 1.46. The molecule has 0 unspecified atom stereocenters. The maximum absolute atomic E-state index is 13.8. The third-order valence-electron chi connectivity index (χ3n) is 7.45. The number of rotatable bonds is 11. The Labute approximate surface area is 237 Å². The van der Waals surface area contributed by atoms with Gasteiger partial charge in [0.25, 0.3) is 11.8 Å². The highest BCUT2D eigenvalue weighted by Crippen LogP contribution is 2.23. The normalized spacial score (nSPS) is 14.1. The number of carbonyl (C=O) groups is 2. The maximum Gasteiger partial charge on any atom is 0.255 e. The molecule has 0 bridgehead atoms. The summed E-state index contributed by atoms with van der Waals surface area (Å²) in [6, 6.07) is 18.7. The van der Waals surface area contributed by atoms with E-state index in [2.05, 4.69) is 35.6 Å². The fraction of sp³-hybridized carbons (Fsp3) is 0.364. The lowest BCUT2D eigenvalue weighted by atomic mass is 9.99. The Morgan fingerprint density at radius 3 is 2.30 bits per heavy atom. The molecule has 2 aromatic carbocycles. The summed E-state index contributed by atoms with van der Waals surface area (Å²) in [5.74, 6) is 0.985. The first-order valence-corrected chi connectivity index (χ1v) is 14.0. The molecule has 1 saturated heterocycles. The molecule has 0 spiro atoms. The molecule has 0 atom stereocenters. The minimum Gasteiger partial charge on any atom is -0.481 e. The number of pyridine rings is 1. The van der Waals surface area contributed by atoms with Gasteiger partial charge in [0.1, 0.15) is 0 Å². The summed E-state index contributed by atoms with van der Waals surface area (Å²) in [6.07, 6.45) is 6.43. The van der Waals surface area contributed by atoms with Gasteiger partial charge in [-0.15, -0.1) is 0 Å². The second kappa shape index (κ2) is 13.9. The predicted octanol–water partition coefficient (Wildman–Crippen LogP) is 6.14. The van der Waals surface area contributed by atoms with Gasteiger partial charge in [-0.05, 0) is 73.2 Å². The van der Waals surface area contributed by atoms with Crippen molar-refractivity contribution in [3.63, 3.8) is 0 Å². The van der Waals surface area contributed by atoms with Crippen LogP contribution in [0.15, 0.2) is 73.4 Å². The fourth-order valence-corrected chi connectivity index (χ4v) is 4.93. The van der Waals surface area contributed by atoms with Gasteiger partial charge in [0, 0.05) is 42.9 Å². The molecule has 2 amide bonds. The molecule has 0 radical (unpaired) electrons. The molecular weight excluding hydrogens is 500 g/mol. The highest BCUT2D eigenvalue weighted by Gasteiger charge is 2.29. The van der Waals surface area contributed by atoms with Crippen LogP contribution in [0.4, 0.5) is 5.69 Å². The largest absolute Gasteiger partial charge is 0.481 e. The molecule has 4 rings (SSSR count). The van der Waals surface area contributed by atoms with Crippen LogP contribution in [0, 0.1) is 5.92 Å². The van der Waals surface area contributed by atoms with Crippen molar-refractivity contribution in [2.75, 3.05) is 32.1 Å². The van der Waals surface area contributed by atoms with Crippen molar-refractivity contribution in [2.24, 2.45) is 5.92 Å². The number of nitrogens with one attached hydrogen (secondary N) is 1. The number of amides is 2. The molecule has 1 aromatic heterocycles. The summed E-state index contributed by atoms with van der Waals surface area (Å²) >= 11 is 0. The summed E-state index contributed by atoms with van der Waals surface area (Å²) in [4.78, 5) is 35.2. The molecule has 0 saturated carbocycles. The molecular formula is C33H40N4O3. The number of carbonyl (C=O) groups excluding carboxylic acids is 2. The number of benzene rings is 2. The number of methoxy groups -OCH3 is 1. The van der Waals surface area contributed by atoms with Gasteiger partial charge in [-0.1, -0.05) is 50.8 Å². The zero-order valence-electron chi connectivity index (χ0n) is 23.8. The van der Waals surface area contributed by atoms with E-state index in [9.17, 15) is 9.59 Å². The molecule has 2 heterocycles. The zero-order valence-corrected chi connectivity index (χ0v) is 23.8. The lowest BCUT2D eigenvalue weighted by Crippen LogP contribution is -2.47. The summed E-state index contributed by atoms with van der Waals surface area (Å²) in [6.45, 7) is 11.9. The molecule has 7 nitrogen and oxygen atoms in total. The first kappa shape index (κ1) is 29.0. The molecule has 210 valence electrons. The van der Waals surface area contributed by atoms with Crippen molar-refractivity contribution in [1.82, 2.24) is 14.8 Å². The highest BCUT2D eigenvalue weighted by molar-refractivity contribution is 6.04. The predicted molar refractivity (Wildman–Crippen MR) is 161 cm³/mol. The average Bonchev–Trinajstić information content (AvgIpc) is 2.99. The third kappa shape index (κ3) is 7.79. The molecule has 1 aliphatic heterocycles. The van der Waals surface area contributed by atoms with E-state index in [0.29, 0.717) is 35.2 Å². The molecule has 40 heavy (non-hydrogen) atoms. The van der Waals surface area contributed by atoms with Crippen molar-refractivity contribution in [3.05, 3.63) is 95.7 Å². The van der Waals surface area contributed by atoms with Crippen LogP contribution in [0.5, 0.6) is 5.88 Å². The first-order chi connectivity index (χ1) is 19.4. The zero-order chi connectivity index (χ0) is 28.5. The van der Waals surface area contributed by atoms with Crippen molar-refractivity contribution < 1.29 is 14.3 Å². The summed E-state index contributed by atoms with van der Waals surface area (Å²) < 4.78 is 5.07. The van der Waals surface area contributed by atoms with Crippen LogP contribution in [0.25, 0.3) is 6.08 Å². The van der Waals surface area contributed by atoms with Gasteiger partial charge in [0.15, 0.2) is 0 Å². The van der Waals surface area contributed by atoms with E-state index >= 15 is 0 Å². The van der Waals surface area contributed by atoms with Gasteiger partial charge in [-0.25, -0.2) is 4.98 Å². The average molecular weight is 541 g/mol. The van der Waals surface area contributed by atoms with Gasteiger partial charge >= 0.3 is 0 Å². The lowest BCUT2D eigenvalue weighted by molar-refractivity contribution is 0.0546. The maximum atomic E-state index is 13.8. The standard InChI is InChI=1S/C33H40N4O3/c1-5-25-6-12-28(13-7-25)33(39)37(30-17-20-36(21-18-30)19-16-24(2)3)23-26-8-10-27(11-9-26)32(38)35-29-14-15-31(40-4)34-22-29/h5-15,22,24,30H,1,16-21,23H2,2-4H3,(H,35,38). The second-order valence-corrected chi connectivity index (χ2v) is 10.8. The van der Waals surface area contributed by atoms with E-state index in [-0.39, 0.29) is 17.9 Å². The molecule has 1 aliphatic rings. The van der Waals surface area contributed by atoms with Crippen molar-refractivity contribution in [3.8, 4) is 5.88 Å². The number of ether oxygens (including phenoxy) is 1. The fourth-order valence-electron chi connectivity index (χ4n) is 4.93. The number of aromatic nitrogens is 1. The monoisotopic (exact) mass is 540 g/mol. The Hall–Kier alpha value is -3.97. The van der Waals surface area contributed by atoms with Crippen molar-refractivity contribution in [2.45, 2.75) is 45.7 Å². The topological polar surface area (TPSA) is 74.8 Å². The van der Waals surface area contributed by atoms with Crippen molar-refractivity contribution >= 4 is 23.6 Å². The van der Waals surface area contributed by atoms with Crippen LogP contribution in [-0.4, -0.2) is 59.4 Å². The van der Waals surface area contributed by atoms with Gasteiger partial charge in [0.05, 0.1) is 19.0 Å². The second-order valence-electron chi connectivity index (χ2n) is 10.8. The Morgan fingerprint density at radius 1 is 1.05 bits per heavy atom. The van der Waals surface area contributed by atoms with E-state index in [1.54, 1.807) is 43.6 Å². The molecule has 1 N–H and O–H groups in total. The quantitative estimate of drug-likeness (QED) is 0.316. The molecule has 1 fully saturated rings. The molecule has 3 aromatic rings. The minimum atomic E-state index is -0.220. The number of piperidine rings is 1. The van der Waals surface area contributed by atoms with Gasteiger partial charge < -0.3 is 19.9 Å². The number of nitrogens with zero attached hydrogens (tertiary/aromatic N) is 3. The van der Waals surface area contributed by atoms with Gasteiger partial charge in [-0.3, -0.25) is 9.59 Å². The molecule has 7 heteroatoms. The summed E-state index contributed by atoms with van der Waals surface area (Å²) in [7, 11) is 1.55. The van der Waals surface area contributed by atoms with E-state index < -0.39 is 0 Å². The Kier molecular flexibility index (Phi) is 10.1. The number of anilines is 1. The van der Waals surface area contributed by atoms with Crippen LogP contribution in [0.1, 0.15) is 65.0 Å². The summed E-state index contributed by atoms with van der Waals surface area (Å²) in [5, 5.41) is 2.86. The first-order valence-electron chi connectivity index (χ1n) is 14.0. The van der Waals surface area contributed by atoms with Gasteiger partial charge in [0.2, 0.25) is 5.88 Å².